The van der Waals surface area contributed by atoms with E-state index < -0.39 is 23.5 Å². The summed E-state index contributed by atoms with van der Waals surface area (Å²) in [4.78, 5) is 19.6. The largest absolute Gasteiger partial charge is 0.416 e. The number of nitrogens with one attached hydrogen (secondary N) is 2. The van der Waals surface area contributed by atoms with Gasteiger partial charge in [0.05, 0.1) is 11.3 Å². The molecule has 3 rings (SSSR count). The number of hydrogen-bond acceptors (Lipinski definition) is 7. The molecule has 30 heavy (non-hydrogen) atoms. The first-order valence-electron chi connectivity index (χ1n) is 8.52. The quantitative estimate of drug-likeness (QED) is 0.287. The molecule has 0 aliphatic heterocycles. The molecule has 8 nitrogen and oxygen atoms in total. The first kappa shape index (κ1) is 20.9. The van der Waals surface area contributed by atoms with E-state index in [2.05, 4.69) is 9.97 Å². The summed E-state index contributed by atoms with van der Waals surface area (Å²) in [7, 11) is 0. The fourth-order valence-electron chi connectivity index (χ4n) is 2.75. The summed E-state index contributed by atoms with van der Waals surface area (Å²) in [5.74, 6) is -3.12. The number of primary amides is 1. The van der Waals surface area contributed by atoms with Crippen LogP contribution in [0.15, 0.2) is 42.5 Å². The van der Waals surface area contributed by atoms with E-state index >= 15 is 0 Å². The number of aromatic nitrogens is 2. The van der Waals surface area contributed by atoms with Crippen molar-refractivity contribution in [1.82, 2.24) is 9.97 Å². The van der Waals surface area contributed by atoms with Crippen molar-refractivity contribution < 1.29 is 13.9 Å². The van der Waals surface area contributed by atoms with Crippen LogP contribution in [0.2, 0.25) is 5.15 Å². The zero-order valence-corrected chi connectivity index (χ0v) is 16.4. The van der Waals surface area contributed by atoms with Gasteiger partial charge >= 0.3 is 5.91 Å². The molecular formula is C20H16ClFN6O2. The zero-order valence-electron chi connectivity index (χ0n) is 15.7. The molecule has 6 N–H and O–H groups in total. The summed E-state index contributed by atoms with van der Waals surface area (Å²) in [6, 6.07) is 10.5. The van der Waals surface area contributed by atoms with Gasteiger partial charge in [0.15, 0.2) is 0 Å². The molecule has 2 heterocycles. The molecule has 3 aromatic rings. The number of anilines is 1. The van der Waals surface area contributed by atoms with Gasteiger partial charge in [0.25, 0.3) is 5.90 Å². The number of ether oxygens (including phenoxy) is 1. The van der Waals surface area contributed by atoms with Crippen molar-refractivity contribution in [2.75, 3.05) is 5.73 Å². The highest BCUT2D eigenvalue weighted by molar-refractivity contribution is 6.35. The zero-order chi connectivity index (χ0) is 22.0. The van der Waals surface area contributed by atoms with Crippen molar-refractivity contribution >= 4 is 35.1 Å². The van der Waals surface area contributed by atoms with Crippen LogP contribution in [0.25, 0.3) is 22.4 Å². The van der Waals surface area contributed by atoms with Crippen molar-refractivity contribution in [1.29, 1.82) is 10.8 Å². The van der Waals surface area contributed by atoms with E-state index in [4.69, 9.17) is 38.6 Å². The van der Waals surface area contributed by atoms with Gasteiger partial charge in [0.2, 0.25) is 5.90 Å². The first-order chi connectivity index (χ1) is 14.2. The lowest BCUT2D eigenvalue weighted by Crippen LogP contribution is -2.27. The number of benzene rings is 1. The number of aryl methyl sites for hydroxylation is 1. The summed E-state index contributed by atoms with van der Waals surface area (Å²) in [5, 5.41) is 15.7. The minimum Gasteiger partial charge on any atom is -0.416 e. The number of rotatable bonds is 3. The maximum absolute atomic E-state index is 13.4. The maximum atomic E-state index is 13.4. The highest BCUT2D eigenvalue weighted by Crippen LogP contribution is 2.34. The van der Waals surface area contributed by atoms with Gasteiger partial charge in [-0.3, -0.25) is 15.6 Å². The number of carbonyl (C=O) groups excluding carboxylic acids is 1. The van der Waals surface area contributed by atoms with E-state index in [-0.39, 0.29) is 16.5 Å². The summed E-state index contributed by atoms with van der Waals surface area (Å²) < 4.78 is 18.3. The molecule has 0 aliphatic carbocycles. The van der Waals surface area contributed by atoms with Crippen LogP contribution in [0.1, 0.15) is 11.3 Å². The molecule has 2 aromatic heterocycles. The molecule has 1 amide bonds. The van der Waals surface area contributed by atoms with Crippen LogP contribution in [0.5, 0.6) is 0 Å². The molecule has 0 radical (unpaired) electrons. The van der Waals surface area contributed by atoms with Gasteiger partial charge in [-0.05, 0) is 55.0 Å². The van der Waals surface area contributed by atoms with E-state index in [1.807, 2.05) is 0 Å². The lowest BCUT2D eigenvalue weighted by atomic mass is 9.97. The topological polar surface area (TPSA) is 152 Å². The van der Waals surface area contributed by atoms with Crippen LogP contribution in [0, 0.1) is 23.6 Å². The van der Waals surface area contributed by atoms with Crippen molar-refractivity contribution in [3.05, 3.63) is 64.7 Å². The molecule has 1 aromatic carbocycles. The second kappa shape index (κ2) is 8.26. The van der Waals surface area contributed by atoms with Crippen LogP contribution >= 0.6 is 11.6 Å². The molecule has 0 spiro atoms. The van der Waals surface area contributed by atoms with Crippen LogP contribution in [0.3, 0.4) is 0 Å². The first-order valence-corrected chi connectivity index (χ1v) is 8.89. The smallest absolute Gasteiger partial charge is 0.304 e. The van der Waals surface area contributed by atoms with E-state index in [9.17, 15) is 9.18 Å². The summed E-state index contributed by atoms with van der Waals surface area (Å²) in [6.45, 7) is 1.76. The van der Waals surface area contributed by atoms with Gasteiger partial charge in [0, 0.05) is 16.8 Å². The monoisotopic (exact) mass is 426 g/mol. The minimum atomic E-state index is -1.13. The van der Waals surface area contributed by atoms with E-state index in [0.29, 0.717) is 28.1 Å². The molecule has 0 bridgehead atoms. The molecule has 0 fully saturated rings. The molecule has 0 saturated carbocycles. The highest BCUT2D eigenvalue weighted by Gasteiger charge is 2.20. The molecule has 0 unspecified atom stereocenters. The standard InChI is InChI=1S/C20H16ClFN6O2/c1-9-6-11(7-15(21)27-9)13-8-14(19(25)30-20(26)18(24)29)17(23)28-16(13)10-2-4-12(22)5-3-10/h2-8,25-26H,1H3,(H2,23,28)(H2,24,29). The molecule has 10 heteroatoms. The van der Waals surface area contributed by atoms with Gasteiger partial charge in [-0.15, -0.1) is 0 Å². The number of amides is 1. The van der Waals surface area contributed by atoms with Crippen LogP contribution in [0.4, 0.5) is 10.2 Å². The molecular weight excluding hydrogens is 411 g/mol. The van der Waals surface area contributed by atoms with E-state index in [0.717, 1.165) is 0 Å². The molecule has 0 aliphatic rings. The third-order valence-electron chi connectivity index (χ3n) is 4.08. The van der Waals surface area contributed by atoms with Crippen molar-refractivity contribution in [2.45, 2.75) is 6.92 Å². The Hall–Kier alpha value is -3.85. The van der Waals surface area contributed by atoms with Crippen LogP contribution in [-0.4, -0.2) is 27.7 Å². The predicted octanol–water partition coefficient (Wildman–Crippen LogP) is 3.30. The molecule has 152 valence electrons. The number of nitrogens with zero attached hydrogens (tertiary/aromatic N) is 2. The SMILES string of the molecule is Cc1cc(-c2cc(C(=N)OC(=N)C(N)=O)c(N)nc2-c2ccc(F)cc2)cc(Cl)n1. The second-order valence-corrected chi connectivity index (χ2v) is 6.66. The lowest BCUT2D eigenvalue weighted by Gasteiger charge is -2.15. The van der Waals surface area contributed by atoms with Gasteiger partial charge < -0.3 is 16.2 Å². The normalized spacial score (nSPS) is 10.5. The number of pyridine rings is 2. The number of halogens is 2. The Morgan fingerprint density at radius 3 is 2.37 bits per heavy atom. The average molecular weight is 427 g/mol. The van der Waals surface area contributed by atoms with Crippen molar-refractivity contribution in [3.63, 3.8) is 0 Å². The summed E-state index contributed by atoms with van der Waals surface area (Å²) in [5.41, 5.74) is 13.8. The van der Waals surface area contributed by atoms with Gasteiger partial charge in [0.1, 0.15) is 16.8 Å². The van der Waals surface area contributed by atoms with Crippen LogP contribution < -0.4 is 11.5 Å². The second-order valence-electron chi connectivity index (χ2n) is 6.27. The van der Waals surface area contributed by atoms with Gasteiger partial charge in [-0.25, -0.2) is 14.4 Å². The lowest BCUT2D eigenvalue weighted by molar-refractivity contribution is -0.113. The Labute approximate surface area is 175 Å². The third-order valence-corrected chi connectivity index (χ3v) is 4.27. The number of hydrogen-bond donors (Lipinski definition) is 4. The number of nitrogen functional groups attached to an aromatic ring is 1. The minimum absolute atomic E-state index is 0.0347. The van der Waals surface area contributed by atoms with E-state index in [1.165, 1.54) is 18.2 Å². The molecule has 0 saturated heterocycles. The number of nitrogens with two attached hydrogens (primary N) is 2. The van der Waals surface area contributed by atoms with Crippen molar-refractivity contribution in [2.24, 2.45) is 5.73 Å². The number of carbonyl (C=O) groups is 1. The highest BCUT2D eigenvalue weighted by atomic mass is 35.5. The van der Waals surface area contributed by atoms with Crippen LogP contribution in [-0.2, 0) is 9.53 Å². The van der Waals surface area contributed by atoms with Gasteiger partial charge in [-0.2, -0.15) is 0 Å². The predicted molar refractivity (Wildman–Crippen MR) is 112 cm³/mol. The Bertz CT molecular complexity index is 1160. The summed E-state index contributed by atoms with van der Waals surface area (Å²) in [6.07, 6.45) is 0. The third kappa shape index (κ3) is 4.41. The van der Waals surface area contributed by atoms with E-state index in [1.54, 1.807) is 31.2 Å². The fourth-order valence-corrected chi connectivity index (χ4v) is 3.00. The van der Waals surface area contributed by atoms with Crippen molar-refractivity contribution in [3.8, 4) is 22.4 Å². The Morgan fingerprint density at radius 2 is 1.77 bits per heavy atom. The van der Waals surface area contributed by atoms with Gasteiger partial charge in [-0.1, -0.05) is 11.6 Å². The Morgan fingerprint density at radius 1 is 1.10 bits per heavy atom. The fraction of sp³-hybridized carbons (Fsp3) is 0.0500. The Kier molecular flexibility index (Phi) is 5.74. The Balaban J connectivity index is 2.21. The maximum Gasteiger partial charge on any atom is 0.304 e. The average Bonchev–Trinajstić information content (AvgIpc) is 2.67. The summed E-state index contributed by atoms with van der Waals surface area (Å²) >= 11 is 6.10. The molecule has 0 atom stereocenters.